The van der Waals surface area contributed by atoms with Crippen molar-refractivity contribution in [1.82, 2.24) is 10.2 Å². The Morgan fingerprint density at radius 2 is 2.38 bits per heavy atom. The van der Waals surface area contributed by atoms with Gasteiger partial charge in [0.25, 0.3) is 0 Å². The van der Waals surface area contributed by atoms with Gasteiger partial charge in [-0.25, -0.2) is 0 Å². The molecule has 1 atom stereocenters. The van der Waals surface area contributed by atoms with E-state index in [1.54, 1.807) is 4.90 Å². The van der Waals surface area contributed by atoms with Gasteiger partial charge in [0.1, 0.15) is 0 Å². The van der Waals surface area contributed by atoms with Crippen molar-refractivity contribution in [2.45, 2.75) is 26.2 Å². The summed E-state index contributed by atoms with van der Waals surface area (Å²) in [5, 5.41) is 3.32. The number of carbonyl (C=O) groups excluding carboxylic acids is 1. The van der Waals surface area contributed by atoms with Gasteiger partial charge in [0, 0.05) is 26.6 Å². The van der Waals surface area contributed by atoms with Crippen LogP contribution in [-0.2, 0) is 9.53 Å². The Balaban J connectivity index is 2.08. The first-order valence-electron chi connectivity index (χ1n) is 6.26. The van der Waals surface area contributed by atoms with Crippen molar-refractivity contribution in [2.24, 2.45) is 5.92 Å². The second-order valence-corrected chi connectivity index (χ2v) is 4.41. The Hall–Kier alpha value is -0.610. The zero-order valence-electron chi connectivity index (χ0n) is 10.5. The Morgan fingerprint density at radius 3 is 3.00 bits per heavy atom. The van der Waals surface area contributed by atoms with E-state index in [1.165, 1.54) is 6.42 Å². The fraction of sp³-hybridized carbons (Fsp3) is 0.917. The molecule has 0 radical (unpaired) electrons. The van der Waals surface area contributed by atoms with E-state index in [9.17, 15) is 4.79 Å². The number of rotatable bonds is 7. The van der Waals surface area contributed by atoms with Gasteiger partial charge in [-0.05, 0) is 38.8 Å². The van der Waals surface area contributed by atoms with E-state index >= 15 is 0 Å². The first-order valence-corrected chi connectivity index (χ1v) is 6.26. The van der Waals surface area contributed by atoms with Crippen LogP contribution in [0.2, 0.25) is 0 Å². The second kappa shape index (κ2) is 7.63. The van der Waals surface area contributed by atoms with Crippen molar-refractivity contribution in [1.29, 1.82) is 0 Å². The lowest BCUT2D eigenvalue weighted by Crippen LogP contribution is -2.30. The standard InChI is InChI=1S/C12H24N2O2/c1-3-16-9-8-14(2)12(15)5-4-11-6-7-13-10-11/h11,13H,3-10H2,1-2H3. The number of likely N-dealkylation sites (N-methyl/N-ethyl adjacent to an activating group) is 1. The predicted molar refractivity (Wildman–Crippen MR) is 64.3 cm³/mol. The van der Waals surface area contributed by atoms with E-state index in [4.69, 9.17) is 4.74 Å². The molecule has 1 saturated heterocycles. The molecule has 0 aromatic carbocycles. The van der Waals surface area contributed by atoms with Crippen LogP contribution in [0.3, 0.4) is 0 Å². The van der Waals surface area contributed by atoms with Crippen LogP contribution in [0.25, 0.3) is 0 Å². The Kier molecular flexibility index (Phi) is 6.42. The van der Waals surface area contributed by atoms with Gasteiger partial charge in [0.15, 0.2) is 0 Å². The monoisotopic (exact) mass is 228 g/mol. The van der Waals surface area contributed by atoms with Gasteiger partial charge in [-0.1, -0.05) is 0 Å². The van der Waals surface area contributed by atoms with E-state index < -0.39 is 0 Å². The minimum atomic E-state index is 0.242. The van der Waals surface area contributed by atoms with Gasteiger partial charge in [0.2, 0.25) is 5.91 Å². The van der Waals surface area contributed by atoms with Crippen LogP contribution in [0, 0.1) is 5.92 Å². The van der Waals surface area contributed by atoms with Crippen molar-refractivity contribution in [3.63, 3.8) is 0 Å². The molecule has 0 spiro atoms. The summed E-state index contributed by atoms with van der Waals surface area (Å²) >= 11 is 0. The largest absolute Gasteiger partial charge is 0.380 e. The van der Waals surface area contributed by atoms with E-state index in [2.05, 4.69) is 5.32 Å². The van der Waals surface area contributed by atoms with Crippen LogP contribution >= 0.6 is 0 Å². The maximum Gasteiger partial charge on any atom is 0.222 e. The molecule has 0 bridgehead atoms. The lowest BCUT2D eigenvalue weighted by atomic mass is 10.0. The molecule has 1 heterocycles. The summed E-state index contributed by atoms with van der Waals surface area (Å²) in [6.45, 7) is 6.22. The van der Waals surface area contributed by atoms with Crippen molar-refractivity contribution >= 4 is 5.91 Å². The fourth-order valence-corrected chi connectivity index (χ4v) is 1.95. The molecule has 1 unspecified atom stereocenters. The van der Waals surface area contributed by atoms with Crippen molar-refractivity contribution in [3.05, 3.63) is 0 Å². The lowest BCUT2D eigenvalue weighted by Gasteiger charge is -2.17. The van der Waals surface area contributed by atoms with Crippen LogP contribution in [0.1, 0.15) is 26.2 Å². The summed E-state index contributed by atoms with van der Waals surface area (Å²) in [5.41, 5.74) is 0. The van der Waals surface area contributed by atoms with E-state index in [0.29, 0.717) is 25.5 Å². The highest BCUT2D eigenvalue weighted by Crippen LogP contribution is 2.14. The van der Waals surface area contributed by atoms with E-state index in [-0.39, 0.29) is 5.91 Å². The molecule has 4 heteroatoms. The summed E-state index contributed by atoms with van der Waals surface area (Å²) < 4.78 is 5.23. The molecule has 1 amide bonds. The molecular formula is C12H24N2O2. The zero-order valence-corrected chi connectivity index (χ0v) is 10.5. The summed E-state index contributed by atoms with van der Waals surface area (Å²) in [6, 6.07) is 0. The number of hydrogen-bond acceptors (Lipinski definition) is 3. The maximum absolute atomic E-state index is 11.7. The van der Waals surface area contributed by atoms with Crippen LogP contribution in [0.5, 0.6) is 0 Å². The minimum Gasteiger partial charge on any atom is -0.380 e. The minimum absolute atomic E-state index is 0.242. The smallest absolute Gasteiger partial charge is 0.222 e. The van der Waals surface area contributed by atoms with Crippen molar-refractivity contribution < 1.29 is 9.53 Å². The third kappa shape index (κ3) is 4.94. The first kappa shape index (κ1) is 13.5. The summed E-state index contributed by atoms with van der Waals surface area (Å²) in [4.78, 5) is 13.5. The third-order valence-electron chi connectivity index (χ3n) is 3.13. The van der Waals surface area contributed by atoms with Gasteiger partial charge in [-0.15, -0.1) is 0 Å². The molecular weight excluding hydrogens is 204 g/mol. The van der Waals surface area contributed by atoms with Gasteiger partial charge >= 0.3 is 0 Å². The Bertz CT molecular complexity index is 203. The maximum atomic E-state index is 11.7. The number of nitrogens with one attached hydrogen (secondary N) is 1. The van der Waals surface area contributed by atoms with Gasteiger partial charge in [0.05, 0.1) is 6.61 Å². The Morgan fingerprint density at radius 1 is 1.56 bits per heavy atom. The van der Waals surface area contributed by atoms with Gasteiger partial charge in [-0.3, -0.25) is 4.79 Å². The number of amides is 1. The lowest BCUT2D eigenvalue weighted by molar-refractivity contribution is -0.130. The second-order valence-electron chi connectivity index (χ2n) is 4.41. The number of nitrogens with zero attached hydrogens (tertiary/aromatic N) is 1. The SMILES string of the molecule is CCOCCN(C)C(=O)CCC1CCNC1. The zero-order chi connectivity index (χ0) is 11.8. The third-order valence-corrected chi connectivity index (χ3v) is 3.13. The number of hydrogen-bond donors (Lipinski definition) is 1. The fourth-order valence-electron chi connectivity index (χ4n) is 1.95. The molecule has 1 rings (SSSR count). The molecule has 0 aliphatic carbocycles. The summed E-state index contributed by atoms with van der Waals surface area (Å²) in [7, 11) is 1.86. The van der Waals surface area contributed by atoms with Gasteiger partial charge < -0.3 is 15.0 Å². The number of carbonyl (C=O) groups is 1. The van der Waals surface area contributed by atoms with Crippen molar-refractivity contribution in [3.8, 4) is 0 Å². The van der Waals surface area contributed by atoms with Gasteiger partial charge in [-0.2, -0.15) is 0 Å². The summed E-state index contributed by atoms with van der Waals surface area (Å²) in [6.07, 6.45) is 2.91. The van der Waals surface area contributed by atoms with Crippen LogP contribution in [0.4, 0.5) is 0 Å². The van der Waals surface area contributed by atoms with E-state index in [1.807, 2.05) is 14.0 Å². The molecule has 0 aromatic heterocycles. The predicted octanol–water partition coefficient (Wildman–Crippen LogP) is 0.871. The molecule has 16 heavy (non-hydrogen) atoms. The van der Waals surface area contributed by atoms with Crippen LogP contribution in [-0.4, -0.2) is 50.7 Å². The Labute approximate surface area is 98.3 Å². The first-order chi connectivity index (χ1) is 7.74. The van der Waals surface area contributed by atoms with Crippen LogP contribution in [0.15, 0.2) is 0 Å². The molecule has 1 aliphatic rings. The molecule has 0 aromatic rings. The molecule has 94 valence electrons. The highest BCUT2D eigenvalue weighted by atomic mass is 16.5. The molecule has 0 saturated carbocycles. The van der Waals surface area contributed by atoms with Crippen LogP contribution < -0.4 is 5.32 Å². The van der Waals surface area contributed by atoms with Crippen molar-refractivity contribution in [2.75, 3.05) is 39.9 Å². The molecule has 1 aliphatic heterocycles. The van der Waals surface area contributed by atoms with E-state index in [0.717, 1.165) is 26.1 Å². The molecule has 1 fully saturated rings. The topological polar surface area (TPSA) is 41.6 Å². The normalized spacial score (nSPS) is 20.0. The molecule has 1 N–H and O–H groups in total. The highest BCUT2D eigenvalue weighted by Gasteiger charge is 2.16. The number of ether oxygens (including phenoxy) is 1. The average Bonchev–Trinajstić information content (AvgIpc) is 2.79. The molecule has 4 nitrogen and oxygen atoms in total. The average molecular weight is 228 g/mol. The summed E-state index contributed by atoms with van der Waals surface area (Å²) in [5.74, 6) is 0.941. The highest BCUT2D eigenvalue weighted by molar-refractivity contribution is 5.75. The quantitative estimate of drug-likeness (QED) is 0.657.